The largest absolute Gasteiger partial charge is 0.355 e. The van der Waals surface area contributed by atoms with Crippen molar-refractivity contribution in [2.75, 3.05) is 13.1 Å². The summed E-state index contributed by atoms with van der Waals surface area (Å²) in [6, 6.07) is 0. The molecule has 0 aliphatic rings. The molecule has 0 radical (unpaired) electrons. The second-order valence-corrected chi connectivity index (χ2v) is 4.90. The van der Waals surface area contributed by atoms with Gasteiger partial charge in [-0.3, -0.25) is 4.79 Å². The molecular weight excluding hydrogens is 184 g/mol. The van der Waals surface area contributed by atoms with E-state index in [-0.39, 0.29) is 11.2 Å². The lowest BCUT2D eigenvalue weighted by Gasteiger charge is -2.15. The zero-order valence-corrected chi connectivity index (χ0v) is 9.49. The van der Waals surface area contributed by atoms with Crippen LogP contribution in [-0.4, -0.2) is 29.5 Å². The summed E-state index contributed by atoms with van der Waals surface area (Å²) in [5.41, 5.74) is 5.47. The van der Waals surface area contributed by atoms with Crippen molar-refractivity contribution < 1.29 is 4.79 Å². The highest BCUT2D eigenvalue weighted by molar-refractivity contribution is 8.01. The zero-order chi connectivity index (χ0) is 10.3. The predicted molar refractivity (Wildman–Crippen MR) is 58.9 cm³/mol. The first-order chi connectivity index (χ1) is 6.11. The molecule has 78 valence electrons. The number of rotatable bonds is 6. The minimum Gasteiger partial charge on any atom is -0.355 e. The van der Waals surface area contributed by atoms with E-state index in [1.807, 2.05) is 20.8 Å². The van der Waals surface area contributed by atoms with E-state index in [0.717, 1.165) is 13.0 Å². The van der Waals surface area contributed by atoms with Gasteiger partial charge in [0.2, 0.25) is 5.91 Å². The van der Waals surface area contributed by atoms with Crippen LogP contribution in [0.5, 0.6) is 0 Å². The average molecular weight is 204 g/mol. The van der Waals surface area contributed by atoms with Gasteiger partial charge in [0.1, 0.15) is 0 Å². The van der Waals surface area contributed by atoms with E-state index in [2.05, 4.69) is 5.32 Å². The van der Waals surface area contributed by atoms with Crippen LogP contribution in [0.25, 0.3) is 0 Å². The Hall–Kier alpha value is -0.220. The lowest BCUT2D eigenvalue weighted by atomic mass is 10.4. The molecule has 0 aromatic heterocycles. The van der Waals surface area contributed by atoms with Crippen molar-refractivity contribution in [3.8, 4) is 0 Å². The first kappa shape index (κ1) is 12.8. The summed E-state index contributed by atoms with van der Waals surface area (Å²) in [6.45, 7) is 7.38. The average Bonchev–Trinajstić information content (AvgIpc) is 2.13. The van der Waals surface area contributed by atoms with Gasteiger partial charge in [-0.15, -0.1) is 11.8 Å². The Morgan fingerprint density at radius 3 is 2.62 bits per heavy atom. The quantitative estimate of drug-likeness (QED) is 0.678. The van der Waals surface area contributed by atoms with E-state index < -0.39 is 0 Å². The van der Waals surface area contributed by atoms with Crippen LogP contribution in [0.15, 0.2) is 0 Å². The van der Waals surface area contributed by atoms with Gasteiger partial charge in [0, 0.05) is 18.3 Å². The molecule has 3 nitrogen and oxygen atoms in total. The monoisotopic (exact) mass is 204 g/mol. The van der Waals surface area contributed by atoms with Gasteiger partial charge in [-0.2, -0.15) is 0 Å². The van der Waals surface area contributed by atoms with Crippen molar-refractivity contribution in [3.05, 3.63) is 0 Å². The summed E-state index contributed by atoms with van der Waals surface area (Å²) < 4.78 is 0. The highest BCUT2D eigenvalue weighted by Gasteiger charge is 2.14. The molecule has 0 aliphatic carbocycles. The first-order valence-corrected chi connectivity index (χ1v) is 5.69. The number of carbonyl (C=O) groups excluding carboxylic acids is 1. The minimum absolute atomic E-state index is 0.00472. The van der Waals surface area contributed by atoms with Gasteiger partial charge in [0.15, 0.2) is 0 Å². The van der Waals surface area contributed by atoms with Crippen LogP contribution in [-0.2, 0) is 4.79 Å². The molecule has 0 rings (SSSR count). The molecule has 2 atom stereocenters. The van der Waals surface area contributed by atoms with E-state index in [1.54, 1.807) is 11.8 Å². The number of thioether (sulfide) groups is 1. The second kappa shape index (κ2) is 7.21. The van der Waals surface area contributed by atoms with Gasteiger partial charge in [-0.05, 0) is 13.3 Å². The van der Waals surface area contributed by atoms with Crippen LogP contribution in [0.1, 0.15) is 27.2 Å². The van der Waals surface area contributed by atoms with Gasteiger partial charge in [-0.25, -0.2) is 0 Å². The number of hydrogen-bond donors (Lipinski definition) is 2. The maximum atomic E-state index is 11.4. The van der Waals surface area contributed by atoms with Gasteiger partial charge in [0.25, 0.3) is 0 Å². The van der Waals surface area contributed by atoms with Crippen LogP contribution in [0, 0.1) is 0 Å². The molecule has 2 unspecified atom stereocenters. The van der Waals surface area contributed by atoms with Crippen molar-refractivity contribution in [1.29, 1.82) is 0 Å². The summed E-state index contributed by atoms with van der Waals surface area (Å²) in [6.07, 6.45) is 0.982. The van der Waals surface area contributed by atoms with Gasteiger partial charge < -0.3 is 11.1 Å². The minimum atomic E-state index is 0.00472. The van der Waals surface area contributed by atoms with Crippen molar-refractivity contribution in [2.24, 2.45) is 5.73 Å². The topological polar surface area (TPSA) is 55.1 Å². The molecule has 0 aliphatic heterocycles. The Morgan fingerprint density at radius 1 is 1.54 bits per heavy atom. The fourth-order valence-electron chi connectivity index (χ4n) is 0.858. The lowest BCUT2D eigenvalue weighted by molar-refractivity contribution is -0.120. The normalized spacial score (nSPS) is 15.1. The molecule has 0 fully saturated rings. The molecule has 0 spiro atoms. The third-order valence-electron chi connectivity index (χ3n) is 1.69. The Bertz CT molecular complexity index is 153. The predicted octanol–water partition coefficient (Wildman–Crippen LogP) is 0.981. The molecule has 0 heterocycles. The van der Waals surface area contributed by atoms with Crippen molar-refractivity contribution in [2.45, 2.75) is 37.7 Å². The van der Waals surface area contributed by atoms with E-state index in [0.29, 0.717) is 11.8 Å². The summed E-state index contributed by atoms with van der Waals surface area (Å²) >= 11 is 1.62. The van der Waals surface area contributed by atoms with Crippen molar-refractivity contribution in [1.82, 2.24) is 5.32 Å². The maximum absolute atomic E-state index is 11.4. The third-order valence-corrected chi connectivity index (χ3v) is 2.97. The molecule has 0 aromatic rings. The van der Waals surface area contributed by atoms with Gasteiger partial charge in [-0.1, -0.05) is 13.8 Å². The highest BCUT2D eigenvalue weighted by Crippen LogP contribution is 2.16. The molecule has 0 aromatic carbocycles. The molecule has 13 heavy (non-hydrogen) atoms. The maximum Gasteiger partial charge on any atom is 0.232 e. The summed E-state index contributed by atoms with van der Waals surface area (Å²) in [5.74, 6) is 0.118. The third kappa shape index (κ3) is 5.93. The van der Waals surface area contributed by atoms with Crippen molar-refractivity contribution >= 4 is 17.7 Å². The van der Waals surface area contributed by atoms with E-state index in [1.165, 1.54) is 0 Å². The summed E-state index contributed by atoms with van der Waals surface area (Å²) in [4.78, 5) is 11.4. The van der Waals surface area contributed by atoms with Crippen LogP contribution in [0.4, 0.5) is 0 Å². The summed E-state index contributed by atoms with van der Waals surface area (Å²) in [7, 11) is 0. The number of nitrogens with two attached hydrogens (primary N) is 1. The van der Waals surface area contributed by atoms with E-state index >= 15 is 0 Å². The molecule has 0 bridgehead atoms. The van der Waals surface area contributed by atoms with Crippen LogP contribution in [0.2, 0.25) is 0 Å². The molecule has 3 N–H and O–H groups in total. The van der Waals surface area contributed by atoms with Crippen LogP contribution < -0.4 is 11.1 Å². The first-order valence-electron chi connectivity index (χ1n) is 4.75. The molecule has 0 saturated carbocycles. The van der Waals surface area contributed by atoms with Crippen molar-refractivity contribution in [3.63, 3.8) is 0 Å². The van der Waals surface area contributed by atoms with E-state index in [4.69, 9.17) is 5.73 Å². The second-order valence-electron chi connectivity index (χ2n) is 3.12. The Kier molecular flexibility index (Phi) is 7.09. The van der Waals surface area contributed by atoms with Crippen LogP contribution >= 0.6 is 11.8 Å². The molecule has 0 saturated heterocycles. The fraction of sp³-hybridized carbons (Fsp3) is 0.889. The zero-order valence-electron chi connectivity index (χ0n) is 8.67. The van der Waals surface area contributed by atoms with E-state index in [9.17, 15) is 4.79 Å². The lowest BCUT2D eigenvalue weighted by Crippen LogP contribution is -2.33. The van der Waals surface area contributed by atoms with Gasteiger partial charge >= 0.3 is 0 Å². The standard InChI is InChI=1S/C9H20N2OS/c1-4-5-11-9(12)8(3)13-7(2)6-10/h7-8H,4-6,10H2,1-3H3,(H,11,12). The fourth-order valence-corrected chi connectivity index (χ4v) is 1.87. The smallest absolute Gasteiger partial charge is 0.232 e. The summed E-state index contributed by atoms with van der Waals surface area (Å²) in [5, 5.41) is 3.22. The SMILES string of the molecule is CCCNC(=O)C(C)SC(C)CN. The number of amides is 1. The molecule has 1 amide bonds. The Balaban J connectivity index is 3.68. The number of carbonyl (C=O) groups is 1. The Morgan fingerprint density at radius 2 is 2.15 bits per heavy atom. The van der Waals surface area contributed by atoms with Crippen LogP contribution in [0.3, 0.4) is 0 Å². The van der Waals surface area contributed by atoms with Gasteiger partial charge in [0.05, 0.1) is 5.25 Å². The molecule has 4 heteroatoms. The highest BCUT2D eigenvalue weighted by atomic mass is 32.2. The Labute approximate surface area is 84.8 Å². The molecular formula is C9H20N2OS. The number of hydrogen-bond acceptors (Lipinski definition) is 3. The number of nitrogens with one attached hydrogen (secondary N) is 1.